The lowest BCUT2D eigenvalue weighted by atomic mass is 9.69. The van der Waals surface area contributed by atoms with Crippen LogP contribution in [-0.2, 0) is 11.2 Å². The number of amides is 1. The van der Waals surface area contributed by atoms with Crippen molar-refractivity contribution in [1.82, 2.24) is 0 Å². The van der Waals surface area contributed by atoms with Crippen molar-refractivity contribution >= 4 is 17.2 Å². The van der Waals surface area contributed by atoms with Crippen LogP contribution in [0.25, 0.3) is 10.4 Å². The summed E-state index contributed by atoms with van der Waals surface area (Å²) in [6, 6.07) is 29.2. The molecule has 0 aliphatic carbocycles. The van der Waals surface area contributed by atoms with E-state index in [1.165, 1.54) is 21.6 Å². The molecule has 5 heteroatoms. The Morgan fingerprint density at radius 1 is 1.00 bits per heavy atom. The molecule has 2 N–H and O–H groups in total. The summed E-state index contributed by atoms with van der Waals surface area (Å²) in [5.74, 6) is 0.665. The Hall–Kier alpha value is -3.41. The van der Waals surface area contributed by atoms with Crippen molar-refractivity contribution < 1.29 is 14.3 Å². The molecule has 3 heterocycles. The lowest BCUT2D eigenvalue weighted by molar-refractivity contribution is -0.158. The number of nitrogens with two attached hydrogens (primary N) is 1. The molecule has 188 valence electrons. The van der Waals surface area contributed by atoms with E-state index in [1.807, 2.05) is 18.2 Å². The Morgan fingerprint density at radius 3 is 2.49 bits per heavy atom. The fraction of sp³-hybridized carbons (Fsp3) is 0.281. The SMILES string of the molecule is CC1(C)Oc2ccc(C(N)=O)cc2[C@H]2O[C@H](Cc3ccccc3)[C@@H](c3ccc(-c4cccs4)cc3)C[C@@H]21. The van der Waals surface area contributed by atoms with Gasteiger partial charge in [0.15, 0.2) is 0 Å². The van der Waals surface area contributed by atoms with Crippen LogP contribution in [0, 0.1) is 5.92 Å². The van der Waals surface area contributed by atoms with Gasteiger partial charge < -0.3 is 15.2 Å². The molecule has 1 aromatic heterocycles. The Balaban J connectivity index is 1.39. The zero-order valence-electron chi connectivity index (χ0n) is 21.1. The number of benzene rings is 3. The molecular formula is C32H31NO3S. The molecule has 2 aliphatic rings. The maximum absolute atomic E-state index is 12.0. The summed E-state index contributed by atoms with van der Waals surface area (Å²) in [4.78, 5) is 13.2. The highest BCUT2D eigenvalue weighted by Crippen LogP contribution is 2.54. The van der Waals surface area contributed by atoms with Gasteiger partial charge in [-0.2, -0.15) is 0 Å². The number of hydrogen-bond donors (Lipinski definition) is 1. The van der Waals surface area contributed by atoms with Crippen LogP contribution in [0.1, 0.15) is 59.3 Å². The van der Waals surface area contributed by atoms with Crippen LogP contribution in [0.5, 0.6) is 5.75 Å². The van der Waals surface area contributed by atoms with Crippen LogP contribution in [0.3, 0.4) is 0 Å². The first-order valence-corrected chi connectivity index (χ1v) is 13.7. The molecule has 0 bridgehead atoms. The van der Waals surface area contributed by atoms with Crippen LogP contribution in [0.2, 0.25) is 0 Å². The molecule has 37 heavy (non-hydrogen) atoms. The van der Waals surface area contributed by atoms with E-state index in [2.05, 4.69) is 79.9 Å². The van der Waals surface area contributed by atoms with Gasteiger partial charge in [0.2, 0.25) is 5.91 Å². The topological polar surface area (TPSA) is 61.5 Å². The minimum absolute atomic E-state index is 0.0183. The summed E-state index contributed by atoms with van der Waals surface area (Å²) in [5, 5.41) is 2.11. The molecule has 4 nitrogen and oxygen atoms in total. The fourth-order valence-corrected chi connectivity index (χ4v) is 6.70. The number of carbonyl (C=O) groups excluding carboxylic acids is 1. The van der Waals surface area contributed by atoms with E-state index in [9.17, 15) is 4.79 Å². The highest BCUT2D eigenvalue weighted by Gasteiger charge is 2.50. The number of fused-ring (bicyclic) bond motifs is 3. The molecule has 1 saturated heterocycles. The third-order valence-electron chi connectivity index (χ3n) is 7.93. The second-order valence-corrected chi connectivity index (χ2v) is 11.6. The van der Waals surface area contributed by atoms with E-state index in [0.717, 1.165) is 24.2 Å². The third kappa shape index (κ3) is 4.58. The third-order valence-corrected chi connectivity index (χ3v) is 8.85. The predicted molar refractivity (Wildman–Crippen MR) is 148 cm³/mol. The molecule has 0 radical (unpaired) electrons. The van der Waals surface area contributed by atoms with Gasteiger partial charge in [0.1, 0.15) is 11.4 Å². The minimum Gasteiger partial charge on any atom is -0.487 e. The molecule has 3 aromatic carbocycles. The average Bonchev–Trinajstić information content (AvgIpc) is 3.44. The van der Waals surface area contributed by atoms with E-state index in [4.69, 9.17) is 15.2 Å². The van der Waals surface area contributed by atoms with Crippen LogP contribution in [0.4, 0.5) is 0 Å². The van der Waals surface area contributed by atoms with E-state index >= 15 is 0 Å². The molecule has 1 fully saturated rings. The first-order valence-electron chi connectivity index (χ1n) is 12.8. The molecule has 2 aliphatic heterocycles. The van der Waals surface area contributed by atoms with Gasteiger partial charge in [-0.1, -0.05) is 60.7 Å². The van der Waals surface area contributed by atoms with Gasteiger partial charge in [-0.15, -0.1) is 11.3 Å². The zero-order chi connectivity index (χ0) is 25.6. The second kappa shape index (κ2) is 9.47. The minimum atomic E-state index is -0.440. The highest BCUT2D eigenvalue weighted by atomic mass is 32.1. The normalized spacial score (nSPS) is 23.9. The summed E-state index contributed by atoms with van der Waals surface area (Å²) >= 11 is 1.76. The standard InChI is InChI=1S/C32H31NO3S/c1-32(2)26-19-24(21-10-12-22(13-11-21)29-9-6-16-37-29)28(17-20-7-4-3-5-8-20)35-30(26)25-18-23(31(33)34)14-15-27(25)36-32/h3-16,18,24,26,28,30H,17,19H2,1-2H3,(H2,33,34)/t24-,26+,28-,30-/m1/s1. The maximum Gasteiger partial charge on any atom is 0.248 e. The lowest BCUT2D eigenvalue weighted by Crippen LogP contribution is -2.51. The van der Waals surface area contributed by atoms with Gasteiger partial charge in [-0.25, -0.2) is 0 Å². The summed E-state index contributed by atoms with van der Waals surface area (Å²) in [6.45, 7) is 4.29. The summed E-state index contributed by atoms with van der Waals surface area (Å²) in [6.07, 6.45) is 1.55. The van der Waals surface area contributed by atoms with Gasteiger partial charge in [0.05, 0.1) is 12.2 Å². The van der Waals surface area contributed by atoms with Gasteiger partial charge >= 0.3 is 0 Å². The molecule has 0 spiro atoms. The van der Waals surface area contributed by atoms with Crippen LogP contribution >= 0.6 is 11.3 Å². The summed E-state index contributed by atoms with van der Waals surface area (Å²) in [7, 11) is 0. The molecular weight excluding hydrogens is 478 g/mol. The van der Waals surface area contributed by atoms with Gasteiger partial charge in [0, 0.05) is 27.8 Å². The molecule has 4 aromatic rings. The van der Waals surface area contributed by atoms with Gasteiger partial charge in [0.25, 0.3) is 0 Å². The maximum atomic E-state index is 12.0. The van der Waals surface area contributed by atoms with Crippen molar-refractivity contribution in [1.29, 1.82) is 0 Å². The number of primary amides is 1. The Kier molecular flexibility index (Phi) is 6.13. The molecule has 6 rings (SSSR count). The second-order valence-electron chi connectivity index (χ2n) is 10.7. The number of thiophene rings is 1. The Labute approximate surface area is 222 Å². The van der Waals surface area contributed by atoms with Gasteiger partial charge in [-0.3, -0.25) is 4.79 Å². The van der Waals surface area contributed by atoms with Crippen LogP contribution in [-0.4, -0.2) is 17.6 Å². The van der Waals surface area contributed by atoms with Crippen molar-refractivity contribution in [2.45, 2.75) is 50.4 Å². The summed E-state index contributed by atoms with van der Waals surface area (Å²) < 4.78 is 13.5. The predicted octanol–water partition coefficient (Wildman–Crippen LogP) is 7.16. The van der Waals surface area contributed by atoms with Crippen molar-refractivity contribution in [3.05, 3.63) is 113 Å². The average molecular weight is 510 g/mol. The van der Waals surface area contributed by atoms with E-state index in [1.54, 1.807) is 17.4 Å². The van der Waals surface area contributed by atoms with Gasteiger partial charge in [-0.05, 0) is 73.0 Å². The molecule has 4 atom stereocenters. The van der Waals surface area contributed by atoms with Crippen molar-refractivity contribution in [3.8, 4) is 16.2 Å². The highest BCUT2D eigenvalue weighted by molar-refractivity contribution is 7.13. The smallest absolute Gasteiger partial charge is 0.248 e. The number of ether oxygens (including phenoxy) is 2. The van der Waals surface area contributed by atoms with Crippen molar-refractivity contribution in [2.24, 2.45) is 11.7 Å². The first-order chi connectivity index (χ1) is 17.9. The monoisotopic (exact) mass is 509 g/mol. The molecule has 1 amide bonds. The van der Waals surface area contributed by atoms with E-state index in [0.29, 0.717) is 5.56 Å². The van der Waals surface area contributed by atoms with Crippen LogP contribution in [0.15, 0.2) is 90.3 Å². The Morgan fingerprint density at radius 2 is 1.78 bits per heavy atom. The van der Waals surface area contributed by atoms with Crippen molar-refractivity contribution in [2.75, 3.05) is 0 Å². The lowest BCUT2D eigenvalue weighted by Gasteiger charge is -2.51. The largest absolute Gasteiger partial charge is 0.487 e. The fourth-order valence-electron chi connectivity index (χ4n) is 5.97. The molecule has 0 saturated carbocycles. The first kappa shape index (κ1) is 24.0. The van der Waals surface area contributed by atoms with E-state index < -0.39 is 11.5 Å². The zero-order valence-corrected chi connectivity index (χ0v) is 21.9. The summed E-state index contributed by atoms with van der Waals surface area (Å²) in [5.41, 5.74) is 10.4. The Bertz CT molecular complexity index is 1400. The number of hydrogen-bond acceptors (Lipinski definition) is 4. The number of carbonyl (C=O) groups is 1. The van der Waals surface area contributed by atoms with Crippen molar-refractivity contribution in [3.63, 3.8) is 0 Å². The van der Waals surface area contributed by atoms with Crippen LogP contribution < -0.4 is 10.5 Å². The quantitative estimate of drug-likeness (QED) is 0.311. The van der Waals surface area contributed by atoms with E-state index in [-0.39, 0.29) is 24.0 Å². The number of rotatable bonds is 5. The molecule has 0 unspecified atom stereocenters.